The van der Waals surface area contributed by atoms with Crippen molar-refractivity contribution in [1.82, 2.24) is 4.90 Å². The molecule has 18 heavy (non-hydrogen) atoms. The lowest BCUT2D eigenvalue weighted by atomic mass is 9.80. The minimum Gasteiger partial charge on any atom is -0.274 e. The van der Waals surface area contributed by atoms with Crippen LogP contribution in [0.5, 0.6) is 0 Å². The Morgan fingerprint density at radius 3 is 3.00 bits per heavy atom. The standard InChI is InChI=1S/C15H13NO2/c1-2-9-16-14(17)11-7-3-5-10-6-4-8-12(13(10)11)15(16)18/h2-5,7-8,12H,1,6,9H2. The maximum Gasteiger partial charge on any atom is 0.261 e. The molecule has 0 saturated carbocycles. The summed E-state index contributed by atoms with van der Waals surface area (Å²) in [6, 6.07) is 5.67. The Hall–Kier alpha value is -2.16. The van der Waals surface area contributed by atoms with Gasteiger partial charge in [-0.1, -0.05) is 30.4 Å². The number of hydrogen-bond donors (Lipinski definition) is 0. The van der Waals surface area contributed by atoms with Crippen LogP contribution < -0.4 is 0 Å². The Morgan fingerprint density at radius 1 is 1.39 bits per heavy atom. The van der Waals surface area contributed by atoms with Gasteiger partial charge in [-0.15, -0.1) is 6.58 Å². The molecule has 1 aromatic rings. The van der Waals surface area contributed by atoms with Gasteiger partial charge < -0.3 is 0 Å². The second kappa shape index (κ2) is 3.95. The topological polar surface area (TPSA) is 37.4 Å². The number of nitrogens with zero attached hydrogens (tertiary/aromatic N) is 1. The molecular weight excluding hydrogens is 226 g/mol. The quantitative estimate of drug-likeness (QED) is 0.585. The molecule has 1 atom stereocenters. The summed E-state index contributed by atoms with van der Waals surface area (Å²) in [5.74, 6) is -0.651. The average Bonchev–Trinajstić information content (AvgIpc) is 2.40. The summed E-state index contributed by atoms with van der Waals surface area (Å²) in [7, 11) is 0. The van der Waals surface area contributed by atoms with Gasteiger partial charge in [0.1, 0.15) is 0 Å². The number of imide groups is 1. The monoisotopic (exact) mass is 239 g/mol. The second-order valence-corrected chi connectivity index (χ2v) is 4.53. The summed E-state index contributed by atoms with van der Waals surface area (Å²) in [5, 5.41) is 0. The van der Waals surface area contributed by atoms with Crippen LogP contribution in [0.4, 0.5) is 0 Å². The van der Waals surface area contributed by atoms with Crippen LogP contribution in [0.3, 0.4) is 0 Å². The molecule has 90 valence electrons. The molecule has 0 bridgehead atoms. The molecule has 1 aliphatic heterocycles. The molecular formula is C15H13NO2. The largest absolute Gasteiger partial charge is 0.274 e. The number of benzene rings is 1. The minimum absolute atomic E-state index is 0.143. The van der Waals surface area contributed by atoms with Gasteiger partial charge in [-0.3, -0.25) is 14.5 Å². The molecule has 0 radical (unpaired) electrons. The van der Waals surface area contributed by atoms with E-state index in [0.717, 1.165) is 17.5 Å². The van der Waals surface area contributed by atoms with E-state index in [0.29, 0.717) is 5.56 Å². The van der Waals surface area contributed by atoms with Gasteiger partial charge >= 0.3 is 0 Å². The predicted molar refractivity (Wildman–Crippen MR) is 68.3 cm³/mol. The first-order chi connectivity index (χ1) is 8.74. The zero-order chi connectivity index (χ0) is 12.7. The van der Waals surface area contributed by atoms with E-state index in [1.54, 1.807) is 12.1 Å². The lowest BCUT2D eigenvalue weighted by Gasteiger charge is -2.33. The lowest BCUT2D eigenvalue weighted by molar-refractivity contribution is -0.129. The summed E-state index contributed by atoms with van der Waals surface area (Å²) < 4.78 is 0. The Labute approximate surface area is 105 Å². The maximum atomic E-state index is 12.3. The minimum atomic E-state index is -0.303. The summed E-state index contributed by atoms with van der Waals surface area (Å²) in [5.41, 5.74) is 2.64. The van der Waals surface area contributed by atoms with Crippen molar-refractivity contribution in [3.05, 3.63) is 59.7 Å². The molecule has 0 saturated heterocycles. The number of carbonyl (C=O) groups excluding carboxylic acids is 2. The van der Waals surface area contributed by atoms with Gasteiger partial charge in [0.25, 0.3) is 5.91 Å². The highest BCUT2D eigenvalue weighted by molar-refractivity contribution is 6.12. The van der Waals surface area contributed by atoms with E-state index in [9.17, 15) is 9.59 Å². The van der Waals surface area contributed by atoms with E-state index in [1.165, 1.54) is 4.90 Å². The Kier molecular flexibility index (Phi) is 2.40. The number of carbonyl (C=O) groups is 2. The van der Waals surface area contributed by atoms with Gasteiger partial charge in [0.05, 0.1) is 5.92 Å². The van der Waals surface area contributed by atoms with E-state index in [4.69, 9.17) is 0 Å². The van der Waals surface area contributed by atoms with Crippen LogP contribution in [0, 0.1) is 0 Å². The molecule has 3 nitrogen and oxygen atoms in total. The second-order valence-electron chi connectivity index (χ2n) is 4.53. The SMILES string of the molecule is C=CCN1C(=O)c2cccc3c2C(C=CC3)C1=O. The van der Waals surface area contributed by atoms with E-state index < -0.39 is 0 Å². The zero-order valence-electron chi connectivity index (χ0n) is 9.93. The third-order valence-corrected chi connectivity index (χ3v) is 3.49. The number of hydrogen-bond acceptors (Lipinski definition) is 2. The van der Waals surface area contributed by atoms with Gasteiger partial charge in [-0.2, -0.15) is 0 Å². The predicted octanol–water partition coefficient (Wildman–Crippen LogP) is 2.05. The van der Waals surface area contributed by atoms with Crippen molar-refractivity contribution in [3.63, 3.8) is 0 Å². The van der Waals surface area contributed by atoms with Crippen LogP contribution in [0.15, 0.2) is 43.0 Å². The summed E-state index contributed by atoms with van der Waals surface area (Å²) in [6.45, 7) is 3.87. The molecule has 0 N–H and O–H groups in total. The van der Waals surface area contributed by atoms with Crippen molar-refractivity contribution < 1.29 is 9.59 Å². The van der Waals surface area contributed by atoms with Crippen LogP contribution >= 0.6 is 0 Å². The normalized spacial score (nSPS) is 20.9. The van der Waals surface area contributed by atoms with E-state index >= 15 is 0 Å². The molecule has 0 fully saturated rings. The first kappa shape index (κ1) is 11.0. The molecule has 2 aliphatic rings. The van der Waals surface area contributed by atoms with E-state index in [-0.39, 0.29) is 24.3 Å². The first-order valence-corrected chi connectivity index (χ1v) is 5.99. The summed E-state index contributed by atoms with van der Waals surface area (Å²) in [6.07, 6.45) is 6.27. The van der Waals surface area contributed by atoms with Gasteiger partial charge in [0.2, 0.25) is 5.91 Å². The molecule has 0 aromatic heterocycles. The lowest BCUT2D eigenvalue weighted by Crippen LogP contribution is -2.45. The van der Waals surface area contributed by atoms with Crippen LogP contribution in [0.2, 0.25) is 0 Å². The van der Waals surface area contributed by atoms with Gasteiger partial charge in [0, 0.05) is 12.1 Å². The van der Waals surface area contributed by atoms with Crippen molar-refractivity contribution >= 4 is 11.8 Å². The van der Waals surface area contributed by atoms with Crippen molar-refractivity contribution in [2.75, 3.05) is 6.54 Å². The third kappa shape index (κ3) is 1.37. The fraction of sp³-hybridized carbons (Fsp3) is 0.200. The van der Waals surface area contributed by atoms with Crippen molar-refractivity contribution in [1.29, 1.82) is 0 Å². The zero-order valence-corrected chi connectivity index (χ0v) is 9.93. The maximum absolute atomic E-state index is 12.3. The smallest absolute Gasteiger partial charge is 0.261 e. The van der Waals surface area contributed by atoms with Gasteiger partial charge in [0.15, 0.2) is 0 Å². The van der Waals surface area contributed by atoms with Crippen LogP contribution in [0.1, 0.15) is 27.4 Å². The van der Waals surface area contributed by atoms with Crippen molar-refractivity contribution in [3.8, 4) is 0 Å². The van der Waals surface area contributed by atoms with Crippen molar-refractivity contribution in [2.24, 2.45) is 0 Å². The van der Waals surface area contributed by atoms with Crippen LogP contribution in [-0.2, 0) is 11.2 Å². The van der Waals surface area contributed by atoms with Crippen molar-refractivity contribution in [2.45, 2.75) is 12.3 Å². The highest BCUT2D eigenvalue weighted by atomic mass is 16.2. The summed E-state index contributed by atoms with van der Waals surface area (Å²) >= 11 is 0. The summed E-state index contributed by atoms with van der Waals surface area (Å²) in [4.78, 5) is 25.9. The Morgan fingerprint density at radius 2 is 2.22 bits per heavy atom. The van der Waals surface area contributed by atoms with Gasteiger partial charge in [-0.05, 0) is 23.6 Å². The molecule has 1 aliphatic carbocycles. The molecule has 1 unspecified atom stereocenters. The molecule has 3 heteroatoms. The third-order valence-electron chi connectivity index (χ3n) is 3.49. The molecule has 1 aromatic carbocycles. The molecule has 0 spiro atoms. The Balaban J connectivity index is 2.20. The molecule has 2 amide bonds. The number of allylic oxidation sites excluding steroid dienone is 1. The van der Waals surface area contributed by atoms with Crippen LogP contribution in [-0.4, -0.2) is 23.3 Å². The van der Waals surface area contributed by atoms with Crippen LogP contribution in [0.25, 0.3) is 0 Å². The highest BCUT2D eigenvalue weighted by Gasteiger charge is 2.38. The van der Waals surface area contributed by atoms with Gasteiger partial charge in [-0.25, -0.2) is 0 Å². The number of amides is 2. The van der Waals surface area contributed by atoms with E-state index in [1.807, 2.05) is 24.3 Å². The van der Waals surface area contributed by atoms with E-state index in [2.05, 4.69) is 6.58 Å². The average molecular weight is 239 g/mol. The fourth-order valence-corrected chi connectivity index (χ4v) is 2.69. The molecule has 3 rings (SSSR count). The first-order valence-electron chi connectivity index (χ1n) is 5.99. The Bertz CT molecular complexity index is 586. The fourth-order valence-electron chi connectivity index (χ4n) is 2.69. The molecule has 1 heterocycles. The number of rotatable bonds is 2. The highest BCUT2D eigenvalue weighted by Crippen LogP contribution is 2.35.